The monoisotopic (exact) mass is 370 g/mol. The lowest BCUT2D eigenvalue weighted by Gasteiger charge is -2.44. The molecule has 5 nitrogen and oxygen atoms in total. The first-order valence-electron chi connectivity index (χ1n) is 9.36. The Kier molecular flexibility index (Phi) is 3.76. The third kappa shape index (κ3) is 2.51. The first-order chi connectivity index (χ1) is 13.6. The molecular weight excluding hydrogens is 352 g/mol. The minimum absolute atomic E-state index is 0.0116. The number of hydrogen-bond donors (Lipinski definition) is 1. The predicted octanol–water partition coefficient (Wildman–Crippen LogP) is 4.83. The number of rotatable bonds is 3. The molecular formula is C23H18N2O3. The fourth-order valence-electron chi connectivity index (χ4n) is 4.80. The number of anilines is 1. The average Bonchev–Trinajstić information content (AvgIpc) is 2.74. The molecule has 0 saturated heterocycles. The number of amides is 1. The van der Waals surface area contributed by atoms with E-state index in [0.29, 0.717) is 5.69 Å². The molecule has 1 amide bonds. The summed E-state index contributed by atoms with van der Waals surface area (Å²) < 4.78 is 0. The molecule has 0 aromatic heterocycles. The van der Waals surface area contributed by atoms with Gasteiger partial charge in [-0.3, -0.25) is 14.9 Å². The molecule has 0 unspecified atom stereocenters. The van der Waals surface area contributed by atoms with E-state index < -0.39 is 4.92 Å². The largest absolute Gasteiger partial charge is 0.326 e. The van der Waals surface area contributed by atoms with Crippen molar-refractivity contribution in [1.29, 1.82) is 0 Å². The first kappa shape index (κ1) is 16.7. The Morgan fingerprint density at radius 3 is 1.93 bits per heavy atom. The van der Waals surface area contributed by atoms with Crippen molar-refractivity contribution in [3.63, 3.8) is 0 Å². The molecule has 3 aliphatic carbocycles. The predicted molar refractivity (Wildman–Crippen MR) is 106 cm³/mol. The number of non-ortho nitro benzene ring substituents is 1. The van der Waals surface area contributed by atoms with Crippen LogP contribution in [0, 0.1) is 16.0 Å². The van der Waals surface area contributed by atoms with Gasteiger partial charge in [-0.2, -0.15) is 0 Å². The van der Waals surface area contributed by atoms with Crippen molar-refractivity contribution in [1.82, 2.24) is 0 Å². The van der Waals surface area contributed by atoms with Gasteiger partial charge in [0.1, 0.15) is 0 Å². The summed E-state index contributed by atoms with van der Waals surface area (Å²) in [5, 5.41) is 13.8. The Hall–Kier alpha value is -3.47. The Labute approximate surface area is 162 Å². The standard InChI is InChI=1S/C23H18N2O3/c26-23(24-14-9-11-15(12-10-14)25(27)28)21-13-20-16-5-1-3-7-18(16)22(21)19-8-4-2-6-17(19)20/h1-12,20-22H,13H2,(H,24,26)/t20?,21-,22?/m1/s1. The first-order valence-corrected chi connectivity index (χ1v) is 9.36. The number of hydrogen-bond acceptors (Lipinski definition) is 3. The van der Waals surface area contributed by atoms with Crippen molar-refractivity contribution in [3.8, 4) is 0 Å². The van der Waals surface area contributed by atoms with Crippen molar-refractivity contribution in [3.05, 3.63) is 105 Å². The van der Waals surface area contributed by atoms with Crippen LogP contribution in [0.25, 0.3) is 0 Å². The molecule has 1 atom stereocenters. The van der Waals surface area contributed by atoms with Crippen LogP contribution in [0.5, 0.6) is 0 Å². The van der Waals surface area contributed by atoms with Crippen molar-refractivity contribution in [2.45, 2.75) is 18.3 Å². The van der Waals surface area contributed by atoms with Gasteiger partial charge in [-0.15, -0.1) is 0 Å². The molecule has 0 spiro atoms. The molecule has 0 aliphatic heterocycles. The second-order valence-electron chi connectivity index (χ2n) is 7.42. The molecule has 3 aromatic carbocycles. The number of benzene rings is 3. The van der Waals surface area contributed by atoms with Gasteiger partial charge in [0, 0.05) is 29.7 Å². The summed E-state index contributed by atoms with van der Waals surface area (Å²) in [6, 6.07) is 22.8. The van der Waals surface area contributed by atoms with E-state index in [0.717, 1.165) is 6.42 Å². The Morgan fingerprint density at radius 1 is 0.857 bits per heavy atom. The molecule has 0 heterocycles. The van der Waals surface area contributed by atoms with E-state index in [1.165, 1.54) is 34.4 Å². The van der Waals surface area contributed by atoms with Crippen molar-refractivity contribution < 1.29 is 9.72 Å². The van der Waals surface area contributed by atoms with Crippen LogP contribution in [-0.2, 0) is 4.79 Å². The normalized spacial score (nSPS) is 21.5. The van der Waals surface area contributed by atoms with E-state index in [4.69, 9.17) is 0 Å². The second kappa shape index (κ2) is 6.30. The van der Waals surface area contributed by atoms with Gasteiger partial charge in [-0.1, -0.05) is 48.5 Å². The van der Waals surface area contributed by atoms with E-state index in [1.807, 2.05) is 12.1 Å². The molecule has 3 aliphatic rings. The van der Waals surface area contributed by atoms with Crippen molar-refractivity contribution in [2.24, 2.45) is 5.92 Å². The van der Waals surface area contributed by atoms with Gasteiger partial charge in [-0.25, -0.2) is 0 Å². The second-order valence-corrected chi connectivity index (χ2v) is 7.42. The van der Waals surface area contributed by atoms with Gasteiger partial charge in [0.05, 0.1) is 10.8 Å². The number of nitrogens with zero attached hydrogens (tertiary/aromatic N) is 1. The summed E-state index contributed by atoms with van der Waals surface area (Å²) in [6.45, 7) is 0. The van der Waals surface area contributed by atoms with E-state index in [9.17, 15) is 14.9 Å². The van der Waals surface area contributed by atoms with Gasteiger partial charge in [0.25, 0.3) is 5.69 Å². The van der Waals surface area contributed by atoms with Gasteiger partial charge in [-0.05, 0) is 40.8 Å². The summed E-state index contributed by atoms with van der Waals surface area (Å²) in [7, 11) is 0. The van der Waals surface area contributed by atoms with Gasteiger partial charge in [0.15, 0.2) is 0 Å². The Bertz CT molecular complexity index is 1040. The molecule has 1 N–H and O–H groups in total. The molecule has 6 rings (SSSR count). The lowest BCUT2D eigenvalue weighted by atomic mass is 9.59. The maximum Gasteiger partial charge on any atom is 0.269 e. The third-order valence-corrected chi connectivity index (χ3v) is 5.99. The SMILES string of the molecule is O=C(Nc1ccc([N+](=O)[O-])cc1)[C@@H]1CC2c3ccccc3C1c1ccccc12. The molecule has 0 radical (unpaired) electrons. The zero-order valence-electron chi connectivity index (χ0n) is 15.0. The minimum atomic E-state index is -0.445. The van der Waals surface area contributed by atoms with Crippen LogP contribution >= 0.6 is 0 Å². The molecule has 0 saturated carbocycles. The number of carbonyl (C=O) groups is 1. The number of nitro benzene ring substituents is 1. The van der Waals surface area contributed by atoms with Crippen LogP contribution < -0.4 is 5.32 Å². The zero-order chi connectivity index (χ0) is 19.3. The topological polar surface area (TPSA) is 72.2 Å². The molecule has 2 bridgehead atoms. The van der Waals surface area contributed by atoms with E-state index in [1.54, 1.807) is 12.1 Å². The molecule has 138 valence electrons. The highest BCUT2D eigenvalue weighted by molar-refractivity contribution is 5.94. The maximum atomic E-state index is 13.2. The lowest BCUT2D eigenvalue weighted by molar-refractivity contribution is -0.384. The summed E-state index contributed by atoms with van der Waals surface area (Å²) in [6.07, 6.45) is 0.775. The highest BCUT2D eigenvalue weighted by Gasteiger charge is 2.45. The van der Waals surface area contributed by atoms with Gasteiger partial charge >= 0.3 is 0 Å². The zero-order valence-corrected chi connectivity index (χ0v) is 15.0. The number of carbonyl (C=O) groups excluding carboxylic acids is 1. The highest BCUT2D eigenvalue weighted by atomic mass is 16.6. The lowest BCUT2D eigenvalue weighted by Crippen LogP contribution is -2.38. The van der Waals surface area contributed by atoms with Crippen LogP contribution in [0.3, 0.4) is 0 Å². The minimum Gasteiger partial charge on any atom is -0.326 e. The summed E-state index contributed by atoms with van der Waals surface area (Å²) in [5.41, 5.74) is 5.72. The van der Waals surface area contributed by atoms with Crippen LogP contribution in [0.15, 0.2) is 72.8 Å². The maximum absolute atomic E-state index is 13.2. The van der Waals surface area contributed by atoms with Gasteiger partial charge < -0.3 is 5.32 Å². The quantitative estimate of drug-likeness (QED) is 0.530. The van der Waals surface area contributed by atoms with Crippen LogP contribution in [0.2, 0.25) is 0 Å². The average molecular weight is 370 g/mol. The fourth-order valence-corrected chi connectivity index (χ4v) is 4.80. The van der Waals surface area contributed by atoms with Crippen LogP contribution in [0.1, 0.15) is 40.5 Å². The van der Waals surface area contributed by atoms with Crippen LogP contribution in [-0.4, -0.2) is 10.8 Å². The summed E-state index contributed by atoms with van der Waals surface area (Å²) in [4.78, 5) is 23.5. The number of nitro groups is 1. The Morgan fingerprint density at radius 2 is 1.39 bits per heavy atom. The summed E-state index contributed by atoms with van der Waals surface area (Å²) in [5.74, 6) is 0.0679. The smallest absolute Gasteiger partial charge is 0.269 e. The van der Waals surface area contributed by atoms with E-state index in [-0.39, 0.29) is 29.3 Å². The fraction of sp³-hybridized carbons (Fsp3) is 0.174. The van der Waals surface area contributed by atoms with Crippen molar-refractivity contribution >= 4 is 17.3 Å². The van der Waals surface area contributed by atoms with E-state index in [2.05, 4.69) is 41.7 Å². The number of nitrogens with one attached hydrogen (secondary N) is 1. The van der Waals surface area contributed by atoms with Crippen molar-refractivity contribution in [2.75, 3.05) is 5.32 Å². The highest BCUT2D eigenvalue weighted by Crippen LogP contribution is 2.55. The molecule has 28 heavy (non-hydrogen) atoms. The van der Waals surface area contributed by atoms with Gasteiger partial charge in [0.2, 0.25) is 5.91 Å². The third-order valence-electron chi connectivity index (χ3n) is 5.99. The number of fused-ring (bicyclic) bond motifs is 1. The summed E-state index contributed by atoms with van der Waals surface area (Å²) >= 11 is 0. The Balaban J connectivity index is 1.48. The van der Waals surface area contributed by atoms with E-state index >= 15 is 0 Å². The molecule has 5 heteroatoms. The molecule has 0 fully saturated rings. The van der Waals surface area contributed by atoms with Crippen LogP contribution in [0.4, 0.5) is 11.4 Å². The molecule has 3 aromatic rings.